The summed E-state index contributed by atoms with van der Waals surface area (Å²) in [7, 11) is 0. The van der Waals surface area contributed by atoms with E-state index in [1.165, 1.54) is 24.3 Å². The molecule has 9 nitrogen and oxygen atoms in total. The molecule has 4 heterocycles. The summed E-state index contributed by atoms with van der Waals surface area (Å²) in [5.41, 5.74) is 0.924. The number of carboxylic acid groups (broad SMARTS) is 1. The second-order valence-corrected chi connectivity index (χ2v) is 12.1. The number of rotatable bonds is 9. The number of halogens is 4. The van der Waals surface area contributed by atoms with Gasteiger partial charge >= 0.3 is 5.97 Å². The van der Waals surface area contributed by atoms with Crippen LogP contribution < -0.4 is 4.74 Å². The molecule has 44 heavy (non-hydrogen) atoms. The van der Waals surface area contributed by atoms with Crippen molar-refractivity contribution < 1.29 is 36.9 Å². The molecule has 5 aromatic rings. The normalized spacial score (nSPS) is 16.2. The Balaban J connectivity index is 1.30. The van der Waals surface area contributed by atoms with Crippen molar-refractivity contribution in [2.75, 3.05) is 13.2 Å². The molecule has 2 aromatic carbocycles. The van der Waals surface area contributed by atoms with E-state index in [2.05, 4.69) is 20.2 Å². The number of aromatic carboxylic acids is 1. The number of benzene rings is 2. The van der Waals surface area contributed by atoms with Gasteiger partial charge in [-0.15, -0.1) is 10.2 Å². The Kier molecular flexibility index (Phi) is 7.80. The molecule has 1 saturated heterocycles. The fraction of sp³-hybridized carbons (Fsp3) is 0.300. The second kappa shape index (κ2) is 11.6. The fourth-order valence-corrected chi connectivity index (χ4v) is 5.82. The van der Waals surface area contributed by atoms with Crippen molar-refractivity contribution in [3.63, 3.8) is 0 Å². The molecule has 14 heteroatoms. The number of hydrogen-bond acceptors (Lipinski definition) is 8. The molecule has 0 bridgehead atoms. The third-order valence-electron chi connectivity index (χ3n) is 7.47. The minimum atomic E-state index is -2.74. The van der Waals surface area contributed by atoms with Crippen LogP contribution in [0.2, 0.25) is 0 Å². The van der Waals surface area contributed by atoms with Crippen LogP contribution in [0.15, 0.2) is 48.5 Å². The summed E-state index contributed by atoms with van der Waals surface area (Å²) in [5.74, 6) is -1.99. The lowest BCUT2D eigenvalue weighted by atomic mass is 9.87. The van der Waals surface area contributed by atoms with Gasteiger partial charge in [-0.2, -0.15) is 0 Å². The Bertz CT molecular complexity index is 1880. The van der Waals surface area contributed by atoms with Crippen LogP contribution in [0, 0.1) is 17.0 Å². The first kappa shape index (κ1) is 29.6. The SMILES string of the molecule is CC1(C)COCC1n1c(Cc2cc(F)c(-c3cccc(OCc4nnc(C(F)F)s4)n3)cc2F)nc2ccc(C(=O)O)cc21. The van der Waals surface area contributed by atoms with E-state index < -0.39 is 29.0 Å². The smallest absolute Gasteiger partial charge is 0.335 e. The predicted octanol–water partition coefficient (Wildman–Crippen LogP) is 6.63. The van der Waals surface area contributed by atoms with Crippen molar-refractivity contribution >= 4 is 28.3 Å². The van der Waals surface area contributed by atoms with Crippen LogP contribution in [-0.2, 0) is 17.8 Å². The fourth-order valence-electron chi connectivity index (χ4n) is 5.21. The number of carbonyl (C=O) groups is 1. The predicted molar refractivity (Wildman–Crippen MR) is 152 cm³/mol. The molecule has 1 N–H and O–H groups in total. The number of pyridine rings is 1. The van der Waals surface area contributed by atoms with Crippen LogP contribution in [0.3, 0.4) is 0 Å². The Morgan fingerprint density at radius 2 is 1.95 bits per heavy atom. The quantitative estimate of drug-likeness (QED) is 0.181. The highest BCUT2D eigenvalue weighted by Gasteiger charge is 2.39. The van der Waals surface area contributed by atoms with Crippen LogP contribution >= 0.6 is 11.3 Å². The maximum Gasteiger partial charge on any atom is 0.335 e. The molecule has 3 aromatic heterocycles. The van der Waals surface area contributed by atoms with E-state index in [-0.39, 0.29) is 57.8 Å². The maximum absolute atomic E-state index is 15.6. The number of alkyl halides is 2. The summed E-state index contributed by atoms with van der Waals surface area (Å²) >= 11 is 0.705. The Morgan fingerprint density at radius 3 is 2.66 bits per heavy atom. The molecule has 0 spiro atoms. The molecule has 1 unspecified atom stereocenters. The van der Waals surface area contributed by atoms with Gasteiger partial charge < -0.3 is 19.1 Å². The first-order valence-electron chi connectivity index (χ1n) is 13.5. The first-order valence-corrected chi connectivity index (χ1v) is 14.3. The minimum absolute atomic E-state index is 0.0523. The van der Waals surface area contributed by atoms with Gasteiger partial charge in [-0.25, -0.2) is 32.3 Å². The average molecular weight is 628 g/mol. The summed E-state index contributed by atoms with van der Waals surface area (Å²) in [6.07, 6.45) is -2.80. The number of imidazole rings is 1. The Labute approximate surface area is 252 Å². The number of fused-ring (bicyclic) bond motifs is 1. The largest absolute Gasteiger partial charge is 0.478 e. The van der Waals surface area contributed by atoms with Crippen molar-refractivity contribution in [3.8, 4) is 17.1 Å². The molecule has 0 aliphatic carbocycles. The van der Waals surface area contributed by atoms with E-state index in [0.29, 0.717) is 41.4 Å². The van der Waals surface area contributed by atoms with Gasteiger partial charge in [-0.05, 0) is 42.0 Å². The Hall–Kier alpha value is -4.43. The maximum atomic E-state index is 15.6. The van der Waals surface area contributed by atoms with Crippen molar-refractivity contribution in [3.05, 3.63) is 87.1 Å². The molecular formula is C30H25F4N5O4S. The highest BCUT2D eigenvalue weighted by atomic mass is 32.1. The molecule has 0 radical (unpaired) electrons. The summed E-state index contributed by atoms with van der Waals surface area (Å²) in [5, 5.41) is 16.4. The molecule has 0 saturated carbocycles. The molecule has 0 amide bonds. The lowest BCUT2D eigenvalue weighted by molar-refractivity contribution is 0.0697. The van der Waals surface area contributed by atoms with Gasteiger partial charge in [0.1, 0.15) is 24.1 Å². The third-order valence-corrected chi connectivity index (χ3v) is 8.37. The number of carboxylic acids is 1. The number of ether oxygens (including phenoxy) is 2. The van der Waals surface area contributed by atoms with E-state index in [0.717, 1.165) is 12.1 Å². The van der Waals surface area contributed by atoms with Gasteiger partial charge in [0.05, 0.1) is 41.5 Å². The van der Waals surface area contributed by atoms with E-state index in [4.69, 9.17) is 9.47 Å². The highest BCUT2D eigenvalue weighted by molar-refractivity contribution is 7.11. The minimum Gasteiger partial charge on any atom is -0.478 e. The lowest BCUT2D eigenvalue weighted by Crippen LogP contribution is -2.27. The monoisotopic (exact) mass is 627 g/mol. The summed E-state index contributed by atoms with van der Waals surface area (Å²) < 4.78 is 69.8. The molecular weight excluding hydrogens is 602 g/mol. The Morgan fingerprint density at radius 1 is 1.14 bits per heavy atom. The van der Waals surface area contributed by atoms with Crippen LogP contribution in [0.25, 0.3) is 22.3 Å². The topological polar surface area (TPSA) is 112 Å². The van der Waals surface area contributed by atoms with E-state index in [9.17, 15) is 18.7 Å². The van der Waals surface area contributed by atoms with E-state index in [1.807, 2.05) is 18.4 Å². The van der Waals surface area contributed by atoms with E-state index in [1.54, 1.807) is 12.1 Å². The zero-order valence-corrected chi connectivity index (χ0v) is 24.2. The standard InChI is InChI=1S/C30H25F4N5O4S/c1-30(2)14-42-12-23(30)39-22-9-15(29(40)41)6-7-21(22)35-24(39)10-16-8-19(32)17(11-18(16)31)20-4-3-5-25(36-20)43-13-26-37-38-28(44-26)27(33)34/h3-9,11,23,27H,10,12-14H2,1-2H3,(H,40,41). The molecule has 1 fully saturated rings. The van der Waals surface area contributed by atoms with Gasteiger partial charge in [0, 0.05) is 23.5 Å². The van der Waals surface area contributed by atoms with Gasteiger partial charge in [0.15, 0.2) is 10.0 Å². The van der Waals surface area contributed by atoms with Crippen molar-refractivity contribution in [1.82, 2.24) is 24.7 Å². The number of nitrogens with zero attached hydrogens (tertiary/aromatic N) is 5. The molecule has 228 valence electrons. The van der Waals surface area contributed by atoms with Crippen LogP contribution in [-0.4, -0.2) is 49.0 Å². The molecule has 1 aliphatic rings. The third kappa shape index (κ3) is 5.74. The van der Waals surface area contributed by atoms with Gasteiger partial charge in [-0.3, -0.25) is 0 Å². The molecule has 1 aliphatic heterocycles. The van der Waals surface area contributed by atoms with Crippen LogP contribution in [0.1, 0.15) is 58.1 Å². The summed E-state index contributed by atoms with van der Waals surface area (Å²) in [6, 6.07) is 11.1. The zero-order valence-electron chi connectivity index (χ0n) is 23.4. The zero-order chi connectivity index (χ0) is 31.2. The van der Waals surface area contributed by atoms with E-state index >= 15 is 8.78 Å². The average Bonchev–Trinajstić information content (AvgIpc) is 3.69. The van der Waals surface area contributed by atoms with Crippen molar-refractivity contribution in [1.29, 1.82) is 0 Å². The highest BCUT2D eigenvalue weighted by Crippen LogP contribution is 2.40. The molecule has 1 atom stereocenters. The second-order valence-electron chi connectivity index (χ2n) is 11.0. The van der Waals surface area contributed by atoms with Gasteiger partial charge in [0.25, 0.3) is 6.43 Å². The van der Waals surface area contributed by atoms with Gasteiger partial charge in [0.2, 0.25) is 5.88 Å². The number of hydrogen-bond donors (Lipinski definition) is 1. The summed E-state index contributed by atoms with van der Waals surface area (Å²) in [6.45, 7) is 4.70. The summed E-state index contributed by atoms with van der Waals surface area (Å²) in [4.78, 5) is 20.6. The first-order chi connectivity index (χ1) is 21.0. The number of aromatic nitrogens is 5. The van der Waals surface area contributed by atoms with Crippen molar-refractivity contribution in [2.45, 2.75) is 39.3 Å². The van der Waals surface area contributed by atoms with Crippen LogP contribution in [0.5, 0.6) is 5.88 Å². The lowest BCUT2D eigenvalue weighted by Gasteiger charge is -2.28. The molecule has 6 rings (SSSR count). The van der Waals surface area contributed by atoms with Gasteiger partial charge in [-0.1, -0.05) is 31.3 Å². The van der Waals surface area contributed by atoms with Crippen molar-refractivity contribution in [2.24, 2.45) is 5.41 Å². The van der Waals surface area contributed by atoms with Crippen LogP contribution in [0.4, 0.5) is 17.6 Å².